The largest absolute Gasteiger partial charge is 0.376 e. The van der Waals surface area contributed by atoms with Gasteiger partial charge in [0.05, 0.1) is 12.7 Å². The average molecular weight is 250 g/mol. The molecule has 1 saturated heterocycles. The van der Waals surface area contributed by atoms with Crippen molar-refractivity contribution < 1.29 is 4.74 Å². The van der Waals surface area contributed by atoms with E-state index in [2.05, 4.69) is 0 Å². The van der Waals surface area contributed by atoms with Crippen LogP contribution in [0.1, 0.15) is 44.9 Å². The fourth-order valence-electron chi connectivity index (χ4n) is 5.41. The SMILES string of the molecule is NN1CCCC1COC1C2CC3CC(C2)CC1C3. The van der Waals surface area contributed by atoms with Crippen molar-refractivity contribution in [1.29, 1.82) is 0 Å². The summed E-state index contributed by atoms with van der Waals surface area (Å²) in [7, 11) is 0. The Hall–Kier alpha value is -0.120. The third-order valence-electron chi connectivity index (χ3n) is 6.04. The molecule has 1 atom stereocenters. The van der Waals surface area contributed by atoms with Gasteiger partial charge in [-0.2, -0.15) is 0 Å². The van der Waals surface area contributed by atoms with Gasteiger partial charge in [-0.3, -0.25) is 5.84 Å². The van der Waals surface area contributed by atoms with Crippen molar-refractivity contribution in [2.24, 2.45) is 29.5 Å². The molecule has 18 heavy (non-hydrogen) atoms. The molecule has 2 N–H and O–H groups in total. The number of rotatable bonds is 3. The zero-order valence-corrected chi connectivity index (χ0v) is 11.3. The lowest BCUT2D eigenvalue weighted by Crippen LogP contribution is -2.50. The second-order valence-electron chi connectivity index (χ2n) is 7.26. The van der Waals surface area contributed by atoms with E-state index in [4.69, 9.17) is 10.6 Å². The van der Waals surface area contributed by atoms with E-state index in [0.29, 0.717) is 12.1 Å². The lowest BCUT2D eigenvalue weighted by molar-refractivity contribution is -0.133. The summed E-state index contributed by atoms with van der Waals surface area (Å²) in [6.45, 7) is 1.93. The van der Waals surface area contributed by atoms with Gasteiger partial charge in [0.15, 0.2) is 0 Å². The molecule has 0 spiro atoms. The highest BCUT2D eigenvalue weighted by Gasteiger charge is 2.48. The van der Waals surface area contributed by atoms with E-state index in [9.17, 15) is 0 Å². The second kappa shape index (κ2) is 4.46. The van der Waals surface area contributed by atoms with Gasteiger partial charge in [-0.1, -0.05) is 0 Å². The van der Waals surface area contributed by atoms with Crippen molar-refractivity contribution in [3.63, 3.8) is 0 Å². The van der Waals surface area contributed by atoms with E-state index in [1.165, 1.54) is 44.9 Å². The lowest BCUT2D eigenvalue weighted by Gasteiger charge is -2.54. The Morgan fingerprint density at radius 1 is 1.00 bits per heavy atom. The summed E-state index contributed by atoms with van der Waals surface area (Å²) in [5, 5.41) is 2.00. The summed E-state index contributed by atoms with van der Waals surface area (Å²) >= 11 is 0. The minimum Gasteiger partial charge on any atom is -0.376 e. The van der Waals surface area contributed by atoms with Crippen LogP contribution in [-0.4, -0.2) is 30.3 Å². The molecule has 0 aromatic rings. The van der Waals surface area contributed by atoms with Gasteiger partial charge >= 0.3 is 0 Å². The fraction of sp³-hybridized carbons (Fsp3) is 1.00. The first kappa shape index (κ1) is 11.7. The Bertz CT molecular complexity index is 292. The summed E-state index contributed by atoms with van der Waals surface area (Å²) in [4.78, 5) is 0. The first-order valence-electron chi connectivity index (χ1n) is 7.92. The number of hydrazine groups is 1. The molecule has 4 bridgehead atoms. The maximum atomic E-state index is 6.35. The maximum Gasteiger partial charge on any atom is 0.0639 e. The molecule has 5 fully saturated rings. The lowest BCUT2D eigenvalue weighted by atomic mass is 9.55. The zero-order valence-electron chi connectivity index (χ0n) is 11.3. The van der Waals surface area contributed by atoms with Crippen LogP contribution in [0.25, 0.3) is 0 Å². The molecule has 4 saturated carbocycles. The highest BCUT2D eigenvalue weighted by Crippen LogP contribution is 2.54. The average Bonchev–Trinajstić information content (AvgIpc) is 2.73. The van der Waals surface area contributed by atoms with Crippen LogP contribution < -0.4 is 5.84 Å². The molecule has 102 valence electrons. The van der Waals surface area contributed by atoms with Crippen LogP contribution in [0.3, 0.4) is 0 Å². The van der Waals surface area contributed by atoms with E-state index in [1.54, 1.807) is 0 Å². The minimum atomic E-state index is 0.488. The van der Waals surface area contributed by atoms with Crippen LogP contribution in [0, 0.1) is 23.7 Å². The van der Waals surface area contributed by atoms with Crippen molar-refractivity contribution in [2.75, 3.05) is 13.2 Å². The molecule has 0 amide bonds. The Morgan fingerprint density at radius 2 is 1.67 bits per heavy atom. The van der Waals surface area contributed by atoms with Crippen molar-refractivity contribution in [1.82, 2.24) is 5.01 Å². The smallest absolute Gasteiger partial charge is 0.0639 e. The topological polar surface area (TPSA) is 38.5 Å². The molecule has 5 rings (SSSR count). The summed E-state index contributed by atoms with van der Waals surface area (Å²) in [5.41, 5.74) is 0. The molecular weight excluding hydrogens is 224 g/mol. The first-order valence-corrected chi connectivity index (χ1v) is 7.92. The van der Waals surface area contributed by atoms with Crippen molar-refractivity contribution >= 4 is 0 Å². The summed E-state index contributed by atoms with van der Waals surface area (Å²) in [5.74, 6) is 9.85. The molecule has 3 nitrogen and oxygen atoms in total. The van der Waals surface area contributed by atoms with Gasteiger partial charge in [0.1, 0.15) is 0 Å². The molecule has 0 aromatic carbocycles. The summed E-state index contributed by atoms with van der Waals surface area (Å²) < 4.78 is 6.35. The summed E-state index contributed by atoms with van der Waals surface area (Å²) in [6.07, 6.45) is 10.4. The van der Waals surface area contributed by atoms with Gasteiger partial charge < -0.3 is 4.74 Å². The van der Waals surface area contributed by atoms with Crippen molar-refractivity contribution in [3.8, 4) is 0 Å². The van der Waals surface area contributed by atoms with Gasteiger partial charge in [0.25, 0.3) is 0 Å². The zero-order chi connectivity index (χ0) is 12.1. The van der Waals surface area contributed by atoms with Crippen molar-refractivity contribution in [3.05, 3.63) is 0 Å². The molecule has 1 unspecified atom stereocenters. The number of ether oxygens (including phenoxy) is 1. The van der Waals surface area contributed by atoms with E-state index in [-0.39, 0.29) is 0 Å². The van der Waals surface area contributed by atoms with Gasteiger partial charge in [-0.05, 0) is 68.6 Å². The molecule has 4 aliphatic carbocycles. The van der Waals surface area contributed by atoms with E-state index < -0.39 is 0 Å². The van der Waals surface area contributed by atoms with Gasteiger partial charge in [0.2, 0.25) is 0 Å². The van der Waals surface area contributed by atoms with Crippen molar-refractivity contribution in [2.45, 2.75) is 57.1 Å². The minimum absolute atomic E-state index is 0.488. The predicted molar refractivity (Wildman–Crippen MR) is 70.7 cm³/mol. The van der Waals surface area contributed by atoms with Gasteiger partial charge in [-0.15, -0.1) is 0 Å². The van der Waals surface area contributed by atoms with Crippen LogP contribution in [-0.2, 0) is 4.74 Å². The third kappa shape index (κ3) is 1.91. The molecule has 0 aromatic heterocycles. The number of nitrogens with zero attached hydrogens (tertiary/aromatic N) is 1. The Kier molecular flexibility index (Phi) is 2.90. The Morgan fingerprint density at radius 3 is 2.22 bits per heavy atom. The molecule has 1 aliphatic heterocycles. The second-order valence-corrected chi connectivity index (χ2v) is 7.26. The van der Waals surface area contributed by atoms with Crippen LogP contribution in [0.15, 0.2) is 0 Å². The molecule has 1 heterocycles. The van der Waals surface area contributed by atoms with Crippen LogP contribution in [0.4, 0.5) is 0 Å². The van der Waals surface area contributed by atoms with Crippen LogP contribution in [0.5, 0.6) is 0 Å². The molecule has 5 aliphatic rings. The van der Waals surface area contributed by atoms with Crippen LogP contribution >= 0.6 is 0 Å². The predicted octanol–water partition coefficient (Wildman–Crippen LogP) is 2.17. The number of nitrogens with two attached hydrogens (primary N) is 1. The highest BCUT2D eigenvalue weighted by atomic mass is 16.5. The number of hydrogen-bond acceptors (Lipinski definition) is 3. The van der Waals surface area contributed by atoms with Gasteiger partial charge in [-0.25, -0.2) is 5.01 Å². The molecule has 0 radical (unpaired) electrons. The third-order valence-corrected chi connectivity index (χ3v) is 6.04. The maximum absolute atomic E-state index is 6.35. The Labute approximate surface area is 110 Å². The Balaban J connectivity index is 1.37. The fourth-order valence-corrected chi connectivity index (χ4v) is 5.41. The quantitative estimate of drug-likeness (QED) is 0.780. The van der Waals surface area contributed by atoms with Gasteiger partial charge in [0, 0.05) is 12.6 Å². The number of hydrogen-bond donors (Lipinski definition) is 1. The normalized spacial score (nSPS) is 51.2. The van der Waals surface area contributed by atoms with E-state index >= 15 is 0 Å². The van der Waals surface area contributed by atoms with Crippen LogP contribution in [0.2, 0.25) is 0 Å². The molecular formula is C15H26N2O. The van der Waals surface area contributed by atoms with E-state index in [1.807, 2.05) is 5.01 Å². The molecule has 3 heteroatoms. The monoisotopic (exact) mass is 250 g/mol. The summed E-state index contributed by atoms with van der Waals surface area (Å²) in [6, 6.07) is 0.488. The highest BCUT2D eigenvalue weighted by molar-refractivity contribution is 4.99. The van der Waals surface area contributed by atoms with E-state index in [0.717, 1.165) is 36.8 Å². The first-order chi connectivity index (χ1) is 8.79. The standard InChI is InChI=1S/C15H26N2O/c16-17-3-1-2-14(17)9-18-15-12-5-10-4-11(7-12)8-13(15)6-10/h10-15H,1-9,16H2.